The molecule has 19 heavy (non-hydrogen) atoms. The highest BCUT2D eigenvalue weighted by molar-refractivity contribution is 5.94. The molecular formula is C16H20N2O. The highest BCUT2D eigenvalue weighted by Gasteiger charge is 2.25. The minimum atomic E-state index is 0.113. The fourth-order valence-corrected chi connectivity index (χ4v) is 2.87. The average Bonchev–Trinajstić information content (AvgIpc) is 2.38. The van der Waals surface area contributed by atoms with Crippen LogP contribution in [0.25, 0.3) is 0 Å². The van der Waals surface area contributed by atoms with Crippen LogP contribution in [0.15, 0.2) is 24.3 Å². The average molecular weight is 256 g/mol. The Balaban J connectivity index is 2.08. The third-order valence-electron chi connectivity index (χ3n) is 3.64. The van der Waals surface area contributed by atoms with Crippen LogP contribution in [0.2, 0.25) is 0 Å². The second kappa shape index (κ2) is 5.88. The number of carbonyl (C=O) groups excluding carboxylic acids is 1. The van der Waals surface area contributed by atoms with Crippen LogP contribution in [0.1, 0.15) is 36.2 Å². The van der Waals surface area contributed by atoms with Crippen LogP contribution >= 0.6 is 0 Å². The van der Waals surface area contributed by atoms with Gasteiger partial charge in [0.2, 0.25) is 0 Å². The number of rotatable bonds is 2. The zero-order valence-electron chi connectivity index (χ0n) is 11.6. The van der Waals surface area contributed by atoms with Crippen molar-refractivity contribution in [3.63, 3.8) is 0 Å². The Morgan fingerprint density at radius 2 is 1.84 bits per heavy atom. The van der Waals surface area contributed by atoms with Crippen molar-refractivity contribution in [3.05, 3.63) is 35.4 Å². The summed E-state index contributed by atoms with van der Waals surface area (Å²) in [7, 11) is 0. The summed E-state index contributed by atoms with van der Waals surface area (Å²) in [6.45, 7) is 6.10. The van der Waals surface area contributed by atoms with Crippen molar-refractivity contribution in [1.82, 2.24) is 4.90 Å². The molecule has 2 atom stereocenters. The van der Waals surface area contributed by atoms with E-state index in [1.165, 1.54) is 6.42 Å². The molecule has 1 fully saturated rings. The fraction of sp³-hybridized carbons (Fsp3) is 0.500. The lowest BCUT2D eigenvalue weighted by Crippen LogP contribution is -2.42. The van der Waals surface area contributed by atoms with Gasteiger partial charge in [0.1, 0.15) is 0 Å². The minimum absolute atomic E-state index is 0.113. The molecule has 1 amide bonds. The number of hydrogen-bond acceptors (Lipinski definition) is 2. The standard InChI is InChI=1S/C16H20N2O/c1-12-9-13(2)11-18(10-12)16(19)15-5-3-14(4-6-15)7-8-17/h3-6,12-13H,7,9-11H2,1-2H3. The number of likely N-dealkylation sites (tertiary alicyclic amines) is 1. The van der Waals surface area contributed by atoms with Gasteiger partial charge in [-0.15, -0.1) is 0 Å². The summed E-state index contributed by atoms with van der Waals surface area (Å²) in [6.07, 6.45) is 1.59. The molecule has 0 radical (unpaired) electrons. The minimum Gasteiger partial charge on any atom is -0.338 e. The molecule has 0 aromatic heterocycles. The molecule has 0 saturated carbocycles. The Labute approximate surface area is 114 Å². The lowest BCUT2D eigenvalue weighted by atomic mass is 9.91. The van der Waals surface area contributed by atoms with Gasteiger partial charge in [0.05, 0.1) is 12.5 Å². The lowest BCUT2D eigenvalue weighted by Gasteiger charge is -2.35. The predicted molar refractivity (Wildman–Crippen MR) is 74.6 cm³/mol. The Bertz CT molecular complexity index is 476. The Morgan fingerprint density at radius 1 is 1.26 bits per heavy atom. The van der Waals surface area contributed by atoms with Crippen LogP contribution in [0.4, 0.5) is 0 Å². The maximum Gasteiger partial charge on any atom is 0.253 e. The van der Waals surface area contributed by atoms with Crippen LogP contribution in [0.3, 0.4) is 0 Å². The van der Waals surface area contributed by atoms with E-state index in [2.05, 4.69) is 19.9 Å². The third kappa shape index (κ3) is 3.35. The van der Waals surface area contributed by atoms with Gasteiger partial charge < -0.3 is 4.90 Å². The van der Waals surface area contributed by atoms with E-state index in [1.54, 1.807) is 0 Å². The first-order valence-corrected chi connectivity index (χ1v) is 6.85. The Hall–Kier alpha value is -1.82. The summed E-state index contributed by atoms with van der Waals surface area (Å²) in [6, 6.07) is 9.51. The number of piperidine rings is 1. The highest BCUT2D eigenvalue weighted by atomic mass is 16.2. The number of nitriles is 1. The van der Waals surface area contributed by atoms with Crippen LogP contribution in [0.5, 0.6) is 0 Å². The van der Waals surface area contributed by atoms with Gasteiger partial charge in [-0.2, -0.15) is 5.26 Å². The molecule has 1 aromatic carbocycles. The van der Waals surface area contributed by atoms with E-state index < -0.39 is 0 Å². The van der Waals surface area contributed by atoms with E-state index in [-0.39, 0.29) is 5.91 Å². The van der Waals surface area contributed by atoms with E-state index in [9.17, 15) is 4.79 Å². The molecule has 0 N–H and O–H groups in total. The number of carbonyl (C=O) groups is 1. The summed E-state index contributed by atoms with van der Waals surface area (Å²) in [5, 5.41) is 8.64. The van der Waals surface area contributed by atoms with Gasteiger partial charge >= 0.3 is 0 Å². The van der Waals surface area contributed by atoms with Crippen molar-refractivity contribution in [3.8, 4) is 6.07 Å². The predicted octanol–water partition coefficient (Wildman–Crippen LogP) is 2.87. The summed E-state index contributed by atoms with van der Waals surface area (Å²) in [5.41, 5.74) is 1.68. The third-order valence-corrected chi connectivity index (χ3v) is 3.64. The van der Waals surface area contributed by atoms with E-state index >= 15 is 0 Å². The van der Waals surface area contributed by atoms with E-state index in [1.807, 2.05) is 29.2 Å². The zero-order chi connectivity index (χ0) is 13.8. The SMILES string of the molecule is CC1CC(C)CN(C(=O)c2ccc(CC#N)cc2)C1. The monoisotopic (exact) mass is 256 g/mol. The molecular weight excluding hydrogens is 236 g/mol. The van der Waals surface area contributed by atoms with Gasteiger partial charge in [0.25, 0.3) is 5.91 Å². The molecule has 3 heteroatoms. The van der Waals surface area contributed by atoms with Crippen molar-refractivity contribution < 1.29 is 4.79 Å². The number of nitrogens with zero attached hydrogens (tertiary/aromatic N) is 2. The Kier molecular flexibility index (Phi) is 4.21. The number of amides is 1. The normalized spacial score (nSPS) is 22.9. The maximum atomic E-state index is 12.4. The molecule has 0 spiro atoms. The molecule has 1 aliphatic rings. The van der Waals surface area contributed by atoms with Crippen molar-refractivity contribution in [2.45, 2.75) is 26.7 Å². The highest BCUT2D eigenvalue weighted by Crippen LogP contribution is 2.22. The van der Waals surface area contributed by atoms with Gasteiger partial charge in [-0.1, -0.05) is 26.0 Å². The van der Waals surface area contributed by atoms with Gasteiger partial charge in [-0.25, -0.2) is 0 Å². The van der Waals surface area contributed by atoms with Crippen LogP contribution in [0, 0.1) is 23.2 Å². The van der Waals surface area contributed by atoms with E-state index in [0.29, 0.717) is 18.3 Å². The smallest absolute Gasteiger partial charge is 0.253 e. The summed E-state index contributed by atoms with van der Waals surface area (Å²) in [5.74, 6) is 1.26. The van der Waals surface area contributed by atoms with Crippen molar-refractivity contribution in [1.29, 1.82) is 5.26 Å². The second-order valence-electron chi connectivity index (χ2n) is 5.69. The molecule has 1 aliphatic heterocycles. The van der Waals surface area contributed by atoms with Crippen LogP contribution in [-0.2, 0) is 6.42 Å². The van der Waals surface area contributed by atoms with Crippen molar-refractivity contribution in [2.24, 2.45) is 11.8 Å². The fourth-order valence-electron chi connectivity index (χ4n) is 2.87. The van der Waals surface area contributed by atoms with Crippen molar-refractivity contribution in [2.75, 3.05) is 13.1 Å². The van der Waals surface area contributed by atoms with Gasteiger partial charge in [-0.3, -0.25) is 4.79 Å². The van der Waals surface area contributed by atoms with Crippen molar-refractivity contribution >= 4 is 5.91 Å². The molecule has 2 rings (SSSR count). The quantitative estimate of drug-likeness (QED) is 0.816. The first kappa shape index (κ1) is 13.6. The lowest BCUT2D eigenvalue weighted by molar-refractivity contribution is 0.0623. The summed E-state index contributed by atoms with van der Waals surface area (Å²) >= 11 is 0. The van der Waals surface area contributed by atoms with Gasteiger partial charge in [0, 0.05) is 18.7 Å². The molecule has 1 aromatic rings. The van der Waals surface area contributed by atoms with Gasteiger partial charge in [0.15, 0.2) is 0 Å². The molecule has 3 nitrogen and oxygen atoms in total. The second-order valence-corrected chi connectivity index (χ2v) is 5.69. The molecule has 0 bridgehead atoms. The van der Waals surface area contributed by atoms with Gasteiger partial charge in [-0.05, 0) is 36.0 Å². The molecule has 1 heterocycles. The van der Waals surface area contributed by atoms with Crippen LogP contribution < -0.4 is 0 Å². The first-order valence-electron chi connectivity index (χ1n) is 6.85. The molecule has 0 aliphatic carbocycles. The first-order chi connectivity index (χ1) is 9.10. The van der Waals surface area contributed by atoms with E-state index in [0.717, 1.165) is 24.2 Å². The molecule has 100 valence electrons. The maximum absolute atomic E-state index is 12.4. The molecule has 2 unspecified atom stereocenters. The Morgan fingerprint density at radius 3 is 2.37 bits per heavy atom. The number of benzene rings is 1. The summed E-state index contributed by atoms with van der Waals surface area (Å²) < 4.78 is 0. The van der Waals surface area contributed by atoms with E-state index in [4.69, 9.17) is 5.26 Å². The molecule has 1 saturated heterocycles. The summed E-state index contributed by atoms with van der Waals surface area (Å²) in [4.78, 5) is 14.4. The van der Waals surface area contributed by atoms with Crippen LogP contribution in [-0.4, -0.2) is 23.9 Å². The largest absolute Gasteiger partial charge is 0.338 e. The topological polar surface area (TPSA) is 44.1 Å². The zero-order valence-corrected chi connectivity index (χ0v) is 11.6. The number of hydrogen-bond donors (Lipinski definition) is 0.